The summed E-state index contributed by atoms with van der Waals surface area (Å²) in [7, 11) is 0. The van der Waals surface area contributed by atoms with Crippen LogP contribution in [0.5, 0.6) is 0 Å². The van der Waals surface area contributed by atoms with Gasteiger partial charge in [0.2, 0.25) is 0 Å². The van der Waals surface area contributed by atoms with E-state index in [-0.39, 0.29) is 5.91 Å². The Bertz CT molecular complexity index is 545. The average Bonchev–Trinajstić information content (AvgIpc) is 2.80. The largest absolute Gasteiger partial charge is 0.349 e. The Morgan fingerprint density at radius 3 is 2.63 bits per heavy atom. The lowest BCUT2D eigenvalue weighted by molar-refractivity contribution is 0.0943. The molecule has 1 aromatic rings. The van der Waals surface area contributed by atoms with Crippen LogP contribution in [0.2, 0.25) is 5.02 Å². The molecule has 1 N–H and O–H groups in total. The smallest absolute Gasteiger partial charge is 0.252 e. The second-order valence-corrected chi connectivity index (χ2v) is 7.40. The van der Waals surface area contributed by atoms with E-state index in [9.17, 15) is 4.79 Å². The van der Waals surface area contributed by atoms with E-state index in [0.717, 1.165) is 28.1 Å². The molecule has 1 aromatic carbocycles. The fourth-order valence-corrected chi connectivity index (χ4v) is 5.02. The molecule has 0 saturated heterocycles. The summed E-state index contributed by atoms with van der Waals surface area (Å²) in [5.41, 5.74) is 0.643. The number of hydrogen-bond acceptors (Lipinski definition) is 1. The van der Waals surface area contributed by atoms with Gasteiger partial charge in [-0.1, -0.05) is 11.6 Å². The monoisotopic (exact) mass is 339 g/mol. The molecule has 1 amide bonds. The standard InChI is InChI=1S/C15H15BrClNO/c16-11-4-3-9(17)6-10(11)15(19)18-14-12-7-1-2-8(5-7)13(12)14/h3-4,6-8,12-14H,1-2,5H2,(H,18,19). The normalized spacial score (nSPS) is 38.1. The van der Waals surface area contributed by atoms with Gasteiger partial charge in [-0.15, -0.1) is 0 Å². The summed E-state index contributed by atoms with van der Waals surface area (Å²) in [6, 6.07) is 5.77. The van der Waals surface area contributed by atoms with Crippen LogP contribution < -0.4 is 5.32 Å². The van der Waals surface area contributed by atoms with Crippen LogP contribution in [0.1, 0.15) is 29.6 Å². The fraction of sp³-hybridized carbons (Fsp3) is 0.533. The van der Waals surface area contributed by atoms with E-state index < -0.39 is 0 Å². The van der Waals surface area contributed by atoms with Crippen LogP contribution in [0.4, 0.5) is 0 Å². The molecule has 2 bridgehead atoms. The third-order valence-corrected chi connectivity index (χ3v) is 6.13. The zero-order valence-corrected chi connectivity index (χ0v) is 12.7. The Labute approximate surface area is 126 Å². The van der Waals surface area contributed by atoms with Gasteiger partial charge in [-0.25, -0.2) is 0 Å². The molecule has 100 valence electrons. The average molecular weight is 341 g/mol. The van der Waals surface area contributed by atoms with Crippen molar-refractivity contribution in [1.29, 1.82) is 0 Å². The number of halogens is 2. The fourth-order valence-electron chi connectivity index (χ4n) is 4.42. The van der Waals surface area contributed by atoms with Crippen molar-refractivity contribution in [2.75, 3.05) is 0 Å². The summed E-state index contributed by atoms with van der Waals surface area (Å²) in [4.78, 5) is 12.3. The van der Waals surface area contributed by atoms with Crippen LogP contribution >= 0.6 is 27.5 Å². The minimum absolute atomic E-state index is 0.00757. The number of carbonyl (C=O) groups excluding carboxylic acids is 1. The van der Waals surface area contributed by atoms with Crippen LogP contribution in [-0.4, -0.2) is 11.9 Å². The number of nitrogens with one attached hydrogen (secondary N) is 1. The summed E-state index contributed by atoms with van der Waals surface area (Å²) in [5.74, 6) is 3.29. The van der Waals surface area contributed by atoms with Crippen molar-refractivity contribution in [3.63, 3.8) is 0 Å². The zero-order chi connectivity index (χ0) is 13.1. The molecule has 0 spiro atoms. The van der Waals surface area contributed by atoms with Gasteiger partial charge in [0.15, 0.2) is 0 Å². The van der Waals surface area contributed by atoms with Gasteiger partial charge in [-0.2, -0.15) is 0 Å². The quantitative estimate of drug-likeness (QED) is 0.870. The highest BCUT2D eigenvalue weighted by atomic mass is 79.9. The molecule has 19 heavy (non-hydrogen) atoms. The van der Waals surface area contributed by atoms with Crippen molar-refractivity contribution >= 4 is 33.4 Å². The highest BCUT2D eigenvalue weighted by Crippen LogP contribution is 2.65. The van der Waals surface area contributed by atoms with Crippen molar-refractivity contribution in [2.24, 2.45) is 23.7 Å². The molecule has 4 rings (SSSR count). The van der Waals surface area contributed by atoms with E-state index in [1.54, 1.807) is 12.1 Å². The highest BCUT2D eigenvalue weighted by Gasteiger charge is 2.65. The first-order valence-electron chi connectivity index (χ1n) is 6.91. The van der Waals surface area contributed by atoms with Gasteiger partial charge in [0.05, 0.1) is 5.56 Å². The number of rotatable bonds is 2. The highest BCUT2D eigenvalue weighted by molar-refractivity contribution is 9.10. The molecule has 0 radical (unpaired) electrons. The Morgan fingerprint density at radius 2 is 1.95 bits per heavy atom. The Hall–Kier alpha value is -0.540. The van der Waals surface area contributed by atoms with E-state index in [0.29, 0.717) is 16.6 Å². The summed E-state index contributed by atoms with van der Waals surface area (Å²) in [5, 5.41) is 3.81. The van der Waals surface area contributed by atoms with Crippen molar-refractivity contribution in [1.82, 2.24) is 5.32 Å². The lowest BCUT2D eigenvalue weighted by Gasteiger charge is -2.11. The number of amides is 1. The first-order chi connectivity index (χ1) is 9.15. The molecule has 0 heterocycles. The van der Waals surface area contributed by atoms with E-state index in [2.05, 4.69) is 21.2 Å². The van der Waals surface area contributed by atoms with Crippen molar-refractivity contribution < 1.29 is 4.79 Å². The van der Waals surface area contributed by atoms with Crippen LogP contribution in [-0.2, 0) is 0 Å². The second-order valence-electron chi connectivity index (χ2n) is 6.11. The first-order valence-corrected chi connectivity index (χ1v) is 8.08. The van der Waals surface area contributed by atoms with Gasteiger partial charge >= 0.3 is 0 Å². The third-order valence-electron chi connectivity index (χ3n) is 5.21. The summed E-state index contributed by atoms with van der Waals surface area (Å²) in [6.07, 6.45) is 4.15. The lowest BCUT2D eigenvalue weighted by atomic mass is 10.0. The van der Waals surface area contributed by atoms with Crippen LogP contribution in [0, 0.1) is 23.7 Å². The Kier molecular flexibility index (Phi) is 2.72. The SMILES string of the molecule is O=C(NC1C2C3CCC(C3)C12)c1cc(Cl)ccc1Br. The Balaban J connectivity index is 1.50. The topological polar surface area (TPSA) is 29.1 Å². The minimum Gasteiger partial charge on any atom is -0.349 e. The van der Waals surface area contributed by atoms with Crippen molar-refractivity contribution in [3.05, 3.63) is 33.3 Å². The van der Waals surface area contributed by atoms with Gasteiger partial charge in [0, 0.05) is 15.5 Å². The summed E-state index contributed by atoms with van der Waals surface area (Å²) in [6.45, 7) is 0. The molecular weight excluding hydrogens is 326 g/mol. The van der Waals surface area contributed by atoms with Gasteiger partial charge in [0.25, 0.3) is 5.91 Å². The second kappa shape index (κ2) is 4.23. The first kappa shape index (κ1) is 12.2. The lowest BCUT2D eigenvalue weighted by Crippen LogP contribution is -2.30. The van der Waals surface area contributed by atoms with E-state index >= 15 is 0 Å². The van der Waals surface area contributed by atoms with Crippen LogP contribution in [0.25, 0.3) is 0 Å². The maximum absolute atomic E-state index is 12.3. The molecule has 4 atom stereocenters. The van der Waals surface area contributed by atoms with Gasteiger partial charge in [-0.3, -0.25) is 4.79 Å². The molecule has 0 aromatic heterocycles. The predicted octanol–water partition coefficient (Wildman–Crippen LogP) is 3.88. The summed E-state index contributed by atoms with van der Waals surface area (Å²) >= 11 is 9.38. The number of fused-ring (bicyclic) bond motifs is 5. The molecule has 4 unspecified atom stereocenters. The predicted molar refractivity (Wildman–Crippen MR) is 78.2 cm³/mol. The summed E-state index contributed by atoms with van der Waals surface area (Å²) < 4.78 is 0.809. The molecule has 4 heteroatoms. The number of benzene rings is 1. The zero-order valence-electron chi connectivity index (χ0n) is 10.4. The Morgan fingerprint density at radius 1 is 1.26 bits per heavy atom. The third kappa shape index (κ3) is 1.85. The number of hydrogen-bond donors (Lipinski definition) is 1. The molecule has 3 aliphatic rings. The molecule has 2 nitrogen and oxygen atoms in total. The molecule has 3 saturated carbocycles. The van der Waals surface area contributed by atoms with Crippen LogP contribution in [0.15, 0.2) is 22.7 Å². The molecular formula is C15H15BrClNO. The van der Waals surface area contributed by atoms with Crippen LogP contribution in [0.3, 0.4) is 0 Å². The maximum Gasteiger partial charge on any atom is 0.252 e. The molecule has 3 fully saturated rings. The van der Waals surface area contributed by atoms with Gasteiger partial charge < -0.3 is 5.32 Å². The van der Waals surface area contributed by atoms with E-state index in [1.807, 2.05) is 6.07 Å². The maximum atomic E-state index is 12.3. The van der Waals surface area contributed by atoms with Crippen molar-refractivity contribution in [3.8, 4) is 0 Å². The number of carbonyl (C=O) groups is 1. The van der Waals surface area contributed by atoms with Gasteiger partial charge in [0.1, 0.15) is 0 Å². The van der Waals surface area contributed by atoms with Gasteiger partial charge in [-0.05, 0) is 77.1 Å². The molecule has 0 aliphatic heterocycles. The molecule has 3 aliphatic carbocycles. The van der Waals surface area contributed by atoms with E-state index in [1.165, 1.54) is 19.3 Å². The van der Waals surface area contributed by atoms with E-state index in [4.69, 9.17) is 11.6 Å². The van der Waals surface area contributed by atoms with Crippen molar-refractivity contribution in [2.45, 2.75) is 25.3 Å². The minimum atomic E-state index is 0.00757.